The molecule has 0 saturated carbocycles. The number of phenolic OH excluding ortho intramolecular Hbond substituents is 1. The summed E-state index contributed by atoms with van der Waals surface area (Å²) in [6, 6.07) is 11.4. The van der Waals surface area contributed by atoms with E-state index in [0.29, 0.717) is 42.3 Å². The number of hydrogen-bond donors (Lipinski definition) is 2. The summed E-state index contributed by atoms with van der Waals surface area (Å²) in [4.78, 5) is 17.1. The number of anilines is 2. The van der Waals surface area contributed by atoms with Gasteiger partial charge in [0.2, 0.25) is 0 Å². The lowest BCUT2D eigenvalue weighted by Crippen LogP contribution is -2.52. The molecule has 2 unspecified atom stereocenters. The molecule has 0 radical (unpaired) electrons. The number of ether oxygens (including phenoxy) is 1. The molecule has 7 rings (SSSR count). The number of hydrogen-bond acceptors (Lipinski definition) is 8. The summed E-state index contributed by atoms with van der Waals surface area (Å²) < 4.78 is 6.29. The fourth-order valence-corrected chi connectivity index (χ4v) is 7.12. The van der Waals surface area contributed by atoms with Gasteiger partial charge in [0.05, 0.1) is 22.9 Å². The second-order valence-corrected chi connectivity index (χ2v) is 11.8. The van der Waals surface area contributed by atoms with Gasteiger partial charge in [-0.15, -0.1) is 0 Å². The van der Waals surface area contributed by atoms with Crippen LogP contribution < -0.4 is 19.9 Å². The maximum absolute atomic E-state index is 10.5. The van der Waals surface area contributed by atoms with Crippen LogP contribution >= 0.6 is 11.6 Å². The van der Waals surface area contributed by atoms with Gasteiger partial charge in [-0.3, -0.25) is 0 Å². The number of nitrogens with zero attached hydrogens (tertiary/aromatic N) is 5. The van der Waals surface area contributed by atoms with Crippen LogP contribution in [0.4, 0.5) is 11.5 Å². The molecule has 2 bridgehead atoms. The normalized spacial score (nSPS) is 25.3. The van der Waals surface area contributed by atoms with Crippen LogP contribution in [0.1, 0.15) is 36.9 Å². The minimum absolute atomic E-state index is 0.241. The van der Waals surface area contributed by atoms with Crippen molar-refractivity contribution in [3.8, 4) is 11.8 Å². The van der Waals surface area contributed by atoms with E-state index in [4.69, 9.17) is 26.3 Å². The molecule has 3 fully saturated rings. The molecule has 3 saturated heterocycles. The molecule has 3 atom stereocenters. The number of benzene rings is 2. The summed E-state index contributed by atoms with van der Waals surface area (Å²) in [5, 5.41) is 16.8. The van der Waals surface area contributed by atoms with Gasteiger partial charge in [-0.05, 0) is 63.2 Å². The quantitative estimate of drug-likeness (QED) is 0.509. The molecule has 8 nitrogen and oxygen atoms in total. The number of aromatic hydroxyl groups is 1. The summed E-state index contributed by atoms with van der Waals surface area (Å²) >= 11 is 6.66. The van der Waals surface area contributed by atoms with Crippen molar-refractivity contribution in [2.24, 2.45) is 0 Å². The highest BCUT2D eigenvalue weighted by Crippen LogP contribution is 2.39. The highest BCUT2D eigenvalue weighted by molar-refractivity contribution is 6.36. The summed E-state index contributed by atoms with van der Waals surface area (Å²) in [5.41, 5.74) is 3.17. The molecule has 2 aromatic carbocycles. The van der Waals surface area contributed by atoms with E-state index in [2.05, 4.69) is 27.1 Å². The first-order valence-electron chi connectivity index (χ1n) is 13.9. The lowest BCUT2D eigenvalue weighted by molar-refractivity contribution is 0.187. The molecule has 9 heteroatoms. The third kappa shape index (κ3) is 4.42. The number of fused-ring (bicyclic) bond motifs is 4. The topological polar surface area (TPSA) is 77.0 Å². The lowest BCUT2D eigenvalue weighted by Gasteiger charge is -2.37. The van der Waals surface area contributed by atoms with Gasteiger partial charge in [-0.25, -0.2) is 0 Å². The predicted molar refractivity (Wildman–Crippen MR) is 151 cm³/mol. The van der Waals surface area contributed by atoms with E-state index in [-0.39, 0.29) is 5.75 Å². The van der Waals surface area contributed by atoms with Crippen LogP contribution in [0.15, 0.2) is 30.3 Å². The third-order valence-electron chi connectivity index (χ3n) is 8.85. The van der Waals surface area contributed by atoms with E-state index in [0.717, 1.165) is 67.0 Å². The molecule has 1 aromatic heterocycles. The highest BCUT2D eigenvalue weighted by Gasteiger charge is 2.35. The molecule has 38 heavy (non-hydrogen) atoms. The van der Waals surface area contributed by atoms with E-state index in [1.807, 2.05) is 24.3 Å². The first-order valence-corrected chi connectivity index (χ1v) is 14.3. The van der Waals surface area contributed by atoms with Crippen molar-refractivity contribution in [1.29, 1.82) is 0 Å². The van der Waals surface area contributed by atoms with Crippen LogP contribution in [0.25, 0.3) is 10.8 Å². The molecular weight excluding hydrogens is 500 g/mol. The van der Waals surface area contributed by atoms with Crippen LogP contribution in [-0.2, 0) is 13.0 Å². The minimum atomic E-state index is 0.241. The van der Waals surface area contributed by atoms with Crippen molar-refractivity contribution < 1.29 is 9.84 Å². The Morgan fingerprint density at radius 3 is 2.71 bits per heavy atom. The van der Waals surface area contributed by atoms with E-state index in [1.165, 1.54) is 24.8 Å². The first kappa shape index (κ1) is 24.2. The van der Waals surface area contributed by atoms with Crippen molar-refractivity contribution in [1.82, 2.24) is 20.2 Å². The van der Waals surface area contributed by atoms with Crippen molar-refractivity contribution in [2.45, 2.75) is 56.8 Å². The average molecular weight is 535 g/mol. The van der Waals surface area contributed by atoms with Crippen molar-refractivity contribution in [3.05, 3.63) is 46.6 Å². The van der Waals surface area contributed by atoms with Gasteiger partial charge < -0.3 is 29.9 Å². The number of halogens is 1. The Labute approximate surface area is 228 Å². The van der Waals surface area contributed by atoms with E-state index in [1.54, 1.807) is 6.07 Å². The van der Waals surface area contributed by atoms with Gasteiger partial charge in [0.1, 0.15) is 18.2 Å². The average Bonchev–Trinajstić information content (AvgIpc) is 3.49. The summed E-state index contributed by atoms with van der Waals surface area (Å²) in [7, 11) is 2.17. The Kier molecular flexibility index (Phi) is 6.21. The molecule has 3 aromatic rings. The number of phenols is 1. The molecule has 2 N–H and O–H groups in total. The van der Waals surface area contributed by atoms with E-state index < -0.39 is 0 Å². The van der Waals surface area contributed by atoms with Crippen molar-refractivity contribution in [2.75, 3.05) is 49.6 Å². The molecule has 0 amide bonds. The number of likely N-dealkylation sites (N-methyl/N-ethyl adjacent to an activating group) is 1. The number of aromatic nitrogens is 2. The Morgan fingerprint density at radius 2 is 1.92 bits per heavy atom. The number of nitrogens with one attached hydrogen (secondary N) is 1. The van der Waals surface area contributed by atoms with E-state index >= 15 is 0 Å². The second-order valence-electron chi connectivity index (χ2n) is 11.4. The maximum Gasteiger partial charge on any atom is 0.318 e. The second kappa shape index (κ2) is 9.74. The van der Waals surface area contributed by atoms with Crippen LogP contribution in [0.5, 0.6) is 11.8 Å². The highest BCUT2D eigenvalue weighted by atomic mass is 35.5. The molecule has 5 heterocycles. The standard InChI is InChI=1S/C29H35ClN6O2/c1-34-10-3-5-21(34)17-38-29-32-25-16-35(26-13-22(37)12-18-4-2-6-24(30)27(18)26)11-9-23(25)28(33-29)36-14-19-7-8-20(15-36)31-19/h2,4,6,12-13,19-21,31,37H,3,5,7-11,14-17H2,1H3/t19?,20?,21-/m0/s1. The lowest BCUT2D eigenvalue weighted by atomic mass is 10.0. The molecule has 0 spiro atoms. The third-order valence-corrected chi connectivity index (χ3v) is 9.16. The zero-order valence-corrected chi connectivity index (χ0v) is 22.6. The van der Waals surface area contributed by atoms with Gasteiger partial charge in [-0.2, -0.15) is 9.97 Å². The fraction of sp³-hybridized carbons (Fsp3) is 0.517. The zero-order chi connectivity index (χ0) is 25.8. The number of piperazine rings is 1. The van der Waals surface area contributed by atoms with Crippen LogP contribution in [0.3, 0.4) is 0 Å². The van der Waals surface area contributed by atoms with Crippen LogP contribution in [0.2, 0.25) is 5.02 Å². The number of likely N-dealkylation sites (tertiary alicyclic amines) is 1. The minimum Gasteiger partial charge on any atom is -0.508 e. The number of rotatable bonds is 5. The zero-order valence-electron chi connectivity index (χ0n) is 21.9. The molecular formula is C29H35ClN6O2. The first-order chi connectivity index (χ1) is 18.5. The summed E-state index contributed by atoms with van der Waals surface area (Å²) in [6.45, 7) is 5.09. The monoisotopic (exact) mass is 534 g/mol. The van der Waals surface area contributed by atoms with Gasteiger partial charge in [0, 0.05) is 54.8 Å². The van der Waals surface area contributed by atoms with Gasteiger partial charge >= 0.3 is 6.01 Å². The Morgan fingerprint density at radius 1 is 1.08 bits per heavy atom. The van der Waals surface area contributed by atoms with Gasteiger partial charge in [0.25, 0.3) is 0 Å². The van der Waals surface area contributed by atoms with Crippen molar-refractivity contribution >= 4 is 33.9 Å². The summed E-state index contributed by atoms with van der Waals surface area (Å²) in [5.74, 6) is 1.28. The smallest absolute Gasteiger partial charge is 0.318 e. The van der Waals surface area contributed by atoms with E-state index in [9.17, 15) is 5.11 Å². The maximum atomic E-state index is 10.5. The Hall–Kier alpha value is -2.81. The molecule has 0 aliphatic carbocycles. The van der Waals surface area contributed by atoms with Gasteiger partial charge in [-0.1, -0.05) is 23.7 Å². The van der Waals surface area contributed by atoms with Crippen molar-refractivity contribution in [3.63, 3.8) is 0 Å². The largest absolute Gasteiger partial charge is 0.508 e. The Balaban J connectivity index is 1.24. The van der Waals surface area contributed by atoms with Gasteiger partial charge in [0.15, 0.2) is 0 Å². The molecule has 200 valence electrons. The van der Waals surface area contributed by atoms with Crippen LogP contribution in [-0.4, -0.2) is 77.9 Å². The fourth-order valence-electron chi connectivity index (χ4n) is 6.84. The predicted octanol–water partition coefficient (Wildman–Crippen LogP) is 3.97. The summed E-state index contributed by atoms with van der Waals surface area (Å²) in [6.07, 6.45) is 5.64. The Bertz CT molecular complexity index is 1360. The molecule has 4 aliphatic rings. The molecule has 4 aliphatic heterocycles. The van der Waals surface area contributed by atoms with Crippen LogP contribution in [0, 0.1) is 0 Å². The SMILES string of the molecule is CN1CCC[C@H]1COc1nc2c(c(N3CC4CCC(C3)N4)n1)CCN(c1cc(O)cc3cccc(Cl)c13)C2.